The second-order valence-corrected chi connectivity index (χ2v) is 7.44. The van der Waals surface area contributed by atoms with Crippen molar-refractivity contribution in [1.82, 2.24) is 15.3 Å². The lowest BCUT2D eigenvalue weighted by molar-refractivity contribution is -0.116. The molecular formula is C21H17N5OS. The van der Waals surface area contributed by atoms with Gasteiger partial charge in [-0.2, -0.15) is 0 Å². The van der Waals surface area contributed by atoms with Gasteiger partial charge in [-0.3, -0.25) is 15.1 Å². The van der Waals surface area contributed by atoms with Crippen LogP contribution in [-0.4, -0.2) is 21.1 Å². The SMILES string of the molecule is O=C1NC(SCc2ccccc2)=NN2C1=c1ccccc1=NC2c1ccc[nH]1. The Morgan fingerprint density at radius 2 is 1.82 bits per heavy atom. The molecular weight excluding hydrogens is 370 g/mol. The van der Waals surface area contributed by atoms with E-state index in [0.717, 1.165) is 22.0 Å². The number of amidine groups is 1. The van der Waals surface area contributed by atoms with E-state index in [-0.39, 0.29) is 5.91 Å². The maximum atomic E-state index is 13.0. The Hall–Kier alpha value is -3.32. The first-order valence-electron chi connectivity index (χ1n) is 8.96. The van der Waals surface area contributed by atoms with Crippen molar-refractivity contribution in [1.29, 1.82) is 0 Å². The van der Waals surface area contributed by atoms with Crippen LogP contribution in [0.1, 0.15) is 17.4 Å². The molecule has 3 heterocycles. The number of H-pyrrole nitrogens is 1. The van der Waals surface area contributed by atoms with Crippen molar-refractivity contribution in [2.45, 2.75) is 11.9 Å². The van der Waals surface area contributed by atoms with Crippen molar-refractivity contribution in [2.24, 2.45) is 10.1 Å². The number of nitrogens with one attached hydrogen (secondary N) is 2. The number of hydrazone groups is 1. The first kappa shape index (κ1) is 16.8. The van der Waals surface area contributed by atoms with Crippen LogP contribution in [0, 0.1) is 0 Å². The van der Waals surface area contributed by atoms with E-state index in [0.29, 0.717) is 10.9 Å². The number of thioether (sulfide) groups is 1. The van der Waals surface area contributed by atoms with Crippen molar-refractivity contribution in [2.75, 3.05) is 0 Å². The molecule has 28 heavy (non-hydrogen) atoms. The molecule has 2 aliphatic rings. The maximum absolute atomic E-state index is 13.0. The molecule has 0 aliphatic carbocycles. The normalized spacial score (nSPS) is 17.9. The van der Waals surface area contributed by atoms with Crippen LogP contribution >= 0.6 is 11.8 Å². The molecule has 2 aliphatic heterocycles. The van der Waals surface area contributed by atoms with Gasteiger partial charge in [0.25, 0.3) is 5.91 Å². The number of rotatable bonds is 3. The van der Waals surface area contributed by atoms with Crippen LogP contribution in [0.15, 0.2) is 83.0 Å². The fraction of sp³-hybridized carbons (Fsp3) is 0.0952. The highest BCUT2D eigenvalue weighted by atomic mass is 32.2. The largest absolute Gasteiger partial charge is 0.362 e. The summed E-state index contributed by atoms with van der Waals surface area (Å²) in [6.45, 7) is 0. The number of aromatic amines is 1. The van der Waals surface area contributed by atoms with Crippen molar-refractivity contribution in [3.63, 3.8) is 0 Å². The van der Waals surface area contributed by atoms with Gasteiger partial charge in [0.05, 0.1) is 11.1 Å². The topological polar surface area (TPSA) is 72.8 Å². The molecule has 0 bridgehead atoms. The Morgan fingerprint density at radius 1 is 1.00 bits per heavy atom. The molecule has 2 aromatic carbocycles. The van der Waals surface area contributed by atoms with Gasteiger partial charge in [-0.25, -0.2) is 5.01 Å². The third kappa shape index (κ3) is 2.99. The number of nitrogens with zero attached hydrogens (tertiary/aromatic N) is 3. The number of carbonyl (C=O) groups excluding carboxylic acids is 1. The second-order valence-electron chi connectivity index (χ2n) is 6.47. The Bertz CT molecular complexity index is 1170. The summed E-state index contributed by atoms with van der Waals surface area (Å²) >= 11 is 1.50. The van der Waals surface area contributed by atoms with Crippen LogP contribution in [0.25, 0.3) is 5.70 Å². The van der Waals surface area contributed by atoms with Gasteiger partial charge < -0.3 is 4.98 Å². The molecule has 0 spiro atoms. The average Bonchev–Trinajstić information content (AvgIpc) is 3.27. The molecule has 1 unspecified atom stereocenters. The molecule has 0 saturated heterocycles. The average molecular weight is 387 g/mol. The zero-order chi connectivity index (χ0) is 18.9. The number of hydrogen-bond acceptors (Lipinski definition) is 5. The minimum Gasteiger partial charge on any atom is -0.362 e. The Labute approximate surface area is 165 Å². The smallest absolute Gasteiger partial charge is 0.276 e. The fourth-order valence-corrected chi connectivity index (χ4v) is 4.13. The molecule has 0 radical (unpaired) electrons. The third-order valence-corrected chi connectivity index (χ3v) is 5.57. The van der Waals surface area contributed by atoms with Gasteiger partial charge in [-0.15, -0.1) is 5.10 Å². The summed E-state index contributed by atoms with van der Waals surface area (Å²) in [7, 11) is 0. The van der Waals surface area contributed by atoms with Crippen LogP contribution in [0.4, 0.5) is 0 Å². The Balaban J connectivity index is 1.56. The van der Waals surface area contributed by atoms with Gasteiger partial charge in [0.15, 0.2) is 11.3 Å². The summed E-state index contributed by atoms with van der Waals surface area (Å²) in [5, 5.41) is 11.5. The van der Waals surface area contributed by atoms with Crippen LogP contribution in [0.2, 0.25) is 0 Å². The number of hydrogen-bond donors (Lipinski definition) is 2. The number of carbonyl (C=O) groups is 1. The van der Waals surface area contributed by atoms with Crippen LogP contribution in [-0.2, 0) is 10.5 Å². The molecule has 0 saturated carbocycles. The standard InChI is InChI=1S/C21H17N5OS/c27-20-18-15-9-4-5-10-16(15)23-19(17-11-6-12-22-17)26(18)25-21(24-20)28-13-14-7-2-1-3-8-14/h1-12,19,22H,13H2,(H,24,25,27). The number of aromatic nitrogens is 1. The van der Waals surface area contributed by atoms with E-state index in [2.05, 4.69) is 22.4 Å². The summed E-state index contributed by atoms with van der Waals surface area (Å²) in [6.07, 6.45) is 1.45. The predicted octanol–water partition coefficient (Wildman–Crippen LogP) is 2.09. The molecule has 2 N–H and O–H groups in total. The highest BCUT2D eigenvalue weighted by molar-refractivity contribution is 8.13. The molecule has 1 amide bonds. The van der Waals surface area contributed by atoms with Gasteiger partial charge in [0.1, 0.15) is 5.70 Å². The number of para-hydroxylation sites is 1. The molecule has 1 aromatic heterocycles. The number of benzene rings is 2. The van der Waals surface area contributed by atoms with E-state index >= 15 is 0 Å². The summed E-state index contributed by atoms with van der Waals surface area (Å²) in [6, 6.07) is 21.7. The van der Waals surface area contributed by atoms with Crippen molar-refractivity contribution < 1.29 is 4.79 Å². The van der Waals surface area contributed by atoms with E-state index in [1.807, 2.05) is 60.8 Å². The minimum absolute atomic E-state index is 0.163. The van der Waals surface area contributed by atoms with Gasteiger partial charge >= 0.3 is 0 Å². The van der Waals surface area contributed by atoms with Gasteiger partial charge in [0, 0.05) is 17.2 Å². The van der Waals surface area contributed by atoms with E-state index in [1.165, 1.54) is 17.3 Å². The van der Waals surface area contributed by atoms with Crippen molar-refractivity contribution in [3.8, 4) is 0 Å². The maximum Gasteiger partial charge on any atom is 0.276 e. The third-order valence-electron chi connectivity index (χ3n) is 4.63. The van der Waals surface area contributed by atoms with Gasteiger partial charge in [-0.05, 0) is 23.8 Å². The first-order chi connectivity index (χ1) is 13.8. The summed E-state index contributed by atoms with van der Waals surface area (Å²) in [5.41, 5.74) is 2.58. The van der Waals surface area contributed by atoms with Crippen LogP contribution in [0.5, 0.6) is 0 Å². The number of fused-ring (bicyclic) bond motifs is 2. The molecule has 0 fully saturated rings. The lowest BCUT2D eigenvalue weighted by Crippen LogP contribution is -2.50. The Kier molecular flexibility index (Phi) is 4.21. The monoisotopic (exact) mass is 387 g/mol. The molecule has 1 atom stereocenters. The highest BCUT2D eigenvalue weighted by Gasteiger charge is 2.34. The van der Waals surface area contributed by atoms with Crippen LogP contribution in [0.3, 0.4) is 0 Å². The van der Waals surface area contributed by atoms with E-state index in [9.17, 15) is 4.79 Å². The number of amides is 1. The lowest BCUT2D eigenvalue weighted by atomic mass is 10.1. The minimum atomic E-state index is -0.404. The van der Waals surface area contributed by atoms with E-state index in [1.54, 1.807) is 5.01 Å². The Morgan fingerprint density at radius 3 is 2.64 bits per heavy atom. The summed E-state index contributed by atoms with van der Waals surface area (Å²) < 4.78 is 0. The zero-order valence-electron chi connectivity index (χ0n) is 14.9. The highest BCUT2D eigenvalue weighted by Crippen LogP contribution is 2.30. The first-order valence-corrected chi connectivity index (χ1v) is 9.94. The molecule has 138 valence electrons. The quantitative estimate of drug-likeness (QED) is 0.723. The van der Waals surface area contributed by atoms with Gasteiger partial charge in [0.2, 0.25) is 0 Å². The summed E-state index contributed by atoms with van der Waals surface area (Å²) in [4.78, 5) is 21.0. The van der Waals surface area contributed by atoms with Crippen LogP contribution < -0.4 is 15.9 Å². The molecule has 7 heteroatoms. The second kappa shape index (κ2) is 7.01. The van der Waals surface area contributed by atoms with Crippen molar-refractivity contribution >= 4 is 28.5 Å². The lowest BCUT2D eigenvalue weighted by Gasteiger charge is -2.33. The molecule has 6 nitrogen and oxygen atoms in total. The zero-order valence-corrected chi connectivity index (χ0v) is 15.7. The predicted molar refractivity (Wildman–Crippen MR) is 109 cm³/mol. The molecule has 3 aromatic rings. The van der Waals surface area contributed by atoms with Crippen molar-refractivity contribution in [3.05, 3.63) is 94.8 Å². The fourth-order valence-electron chi connectivity index (χ4n) is 3.33. The van der Waals surface area contributed by atoms with Gasteiger partial charge in [-0.1, -0.05) is 60.3 Å². The van der Waals surface area contributed by atoms with E-state index < -0.39 is 6.17 Å². The summed E-state index contributed by atoms with van der Waals surface area (Å²) in [5.74, 6) is 0.564. The molecule has 5 rings (SSSR count). The van der Waals surface area contributed by atoms with E-state index in [4.69, 9.17) is 10.1 Å².